The first-order valence-corrected chi connectivity index (χ1v) is 9.86. The minimum atomic E-state index is -0.272. The van der Waals surface area contributed by atoms with Crippen molar-refractivity contribution in [2.45, 2.75) is 19.5 Å². The van der Waals surface area contributed by atoms with Gasteiger partial charge >= 0.3 is 0 Å². The van der Waals surface area contributed by atoms with E-state index in [2.05, 4.69) is 20.7 Å². The molecule has 8 nitrogen and oxygen atoms in total. The van der Waals surface area contributed by atoms with Gasteiger partial charge in [-0.05, 0) is 30.7 Å². The number of nitrogens with one attached hydrogen (secondary N) is 2. The lowest BCUT2D eigenvalue weighted by molar-refractivity contribution is -0.117. The highest BCUT2D eigenvalue weighted by Gasteiger charge is 2.26. The molecule has 2 aromatic heterocycles. The van der Waals surface area contributed by atoms with E-state index in [1.165, 1.54) is 6.20 Å². The van der Waals surface area contributed by atoms with Crippen LogP contribution in [0.3, 0.4) is 0 Å². The van der Waals surface area contributed by atoms with E-state index in [4.69, 9.17) is 11.6 Å². The molecule has 0 aliphatic carbocycles. The Kier molecular flexibility index (Phi) is 5.41. The van der Waals surface area contributed by atoms with E-state index in [0.29, 0.717) is 28.6 Å². The van der Waals surface area contributed by atoms with Crippen molar-refractivity contribution < 1.29 is 9.59 Å². The van der Waals surface area contributed by atoms with Crippen molar-refractivity contribution in [2.24, 2.45) is 7.05 Å². The van der Waals surface area contributed by atoms with Crippen LogP contribution in [0.1, 0.15) is 34.5 Å². The van der Waals surface area contributed by atoms with Crippen LogP contribution in [0.25, 0.3) is 0 Å². The lowest BCUT2D eigenvalue weighted by atomic mass is 10.1. The first-order valence-electron chi connectivity index (χ1n) is 9.49. The van der Waals surface area contributed by atoms with Gasteiger partial charge in [0.1, 0.15) is 0 Å². The van der Waals surface area contributed by atoms with Crippen LogP contribution in [0.2, 0.25) is 5.02 Å². The SMILES string of the molecule is CC(NC(=O)c1cnc2c(c1)N(Cc1ccc(Cl)cc1)C(=O)CN2)c1cnn(C)c1. The number of nitrogens with zero attached hydrogens (tertiary/aromatic N) is 4. The van der Waals surface area contributed by atoms with E-state index in [-0.39, 0.29) is 24.4 Å². The average molecular weight is 425 g/mol. The number of aryl methyl sites for hydroxylation is 1. The lowest BCUT2D eigenvalue weighted by Crippen LogP contribution is -2.40. The van der Waals surface area contributed by atoms with Gasteiger partial charge in [-0.2, -0.15) is 5.10 Å². The topological polar surface area (TPSA) is 92.2 Å². The maximum atomic E-state index is 12.8. The molecule has 1 aliphatic heterocycles. The molecule has 0 fully saturated rings. The minimum absolute atomic E-state index is 0.0967. The van der Waals surface area contributed by atoms with Gasteiger partial charge in [0.05, 0.1) is 36.6 Å². The third-order valence-corrected chi connectivity index (χ3v) is 5.21. The molecule has 0 spiro atoms. The van der Waals surface area contributed by atoms with Crippen LogP contribution in [0.15, 0.2) is 48.9 Å². The lowest BCUT2D eigenvalue weighted by Gasteiger charge is -2.30. The smallest absolute Gasteiger partial charge is 0.253 e. The Bertz CT molecular complexity index is 1100. The number of carbonyl (C=O) groups is 2. The van der Waals surface area contributed by atoms with Crippen molar-refractivity contribution in [3.05, 3.63) is 70.6 Å². The summed E-state index contributed by atoms with van der Waals surface area (Å²) in [6, 6.07) is 8.78. The molecule has 2 amide bonds. The standard InChI is InChI=1S/C21H21ClN6O2/c1-13(16-9-25-27(2)12-16)26-21(30)15-7-18-20(23-8-15)24-10-19(29)28(18)11-14-3-5-17(22)6-4-14/h3-9,12-13H,10-11H2,1-2H3,(H,23,24)(H,26,30). The second-order valence-electron chi connectivity index (χ2n) is 7.19. The molecular weight excluding hydrogens is 404 g/mol. The number of fused-ring (bicyclic) bond motifs is 1. The van der Waals surface area contributed by atoms with Crippen molar-refractivity contribution in [2.75, 3.05) is 16.8 Å². The molecule has 9 heteroatoms. The molecule has 4 rings (SSSR count). The number of anilines is 2. The number of amides is 2. The Balaban J connectivity index is 1.57. The van der Waals surface area contributed by atoms with Gasteiger partial charge in [0.25, 0.3) is 5.91 Å². The van der Waals surface area contributed by atoms with Crippen LogP contribution in [0.5, 0.6) is 0 Å². The first-order chi connectivity index (χ1) is 14.4. The van der Waals surface area contributed by atoms with Gasteiger partial charge in [-0.1, -0.05) is 23.7 Å². The van der Waals surface area contributed by atoms with Gasteiger partial charge in [-0.15, -0.1) is 0 Å². The van der Waals surface area contributed by atoms with Crippen LogP contribution in [0.4, 0.5) is 11.5 Å². The highest BCUT2D eigenvalue weighted by atomic mass is 35.5. The summed E-state index contributed by atoms with van der Waals surface area (Å²) in [5.74, 6) is 0.201. The Morgan fingerprint density at radius 2 is 2.07 bits per heavy atom. The minimum Gasteiger partial charge on any atom is -0.359 e. The maximum absolute atomic E-state index is 12.8. The molecule has 1 atom stereocenters. The van der Waals surface area contributed by atoms with E-state index in [1.54, 1.807) is 34.0 Å². The van der Waals surface area contributed by atoms with Crippen LogP contribution >= 0.6 is 11.6 Å². The number of hydrogen-bond acceptors (Lipinski definition) is 5. The van der Waals surface area contributed by atoms with Crippen molar-refractivity contribution >= 4 is 34.9 Å². The molecule has 0 bridgehead atoms. The zero-order valence-electron chi connectivity index (χ0n) is 16.6. The molecule has 2 N–H and O–H groups in total. The van der Waals surface area contributed by atoms with Crippen LogP contribution in [-0.4, -0.2) is 33.1 Å². The number of halogens is 1. The zero-order chi connectivity index (χ0) is 21.3. The van der Waals surface area contributed by atoms with Gasteiger partial charge in [0, 0.05) is 30.0 Å². The van der Waals surface area contributed by atoms with Crippen LogP contribution in [0, 0.1) is 0 Å². The number of aromatic nitrogens is 3. The molecular formula is C21H21ClN6O2. The first kappa shape index (κ1) is 19.9. The van der Waals surface area contributed by atoms with Crippen molar-refractivity contribution in [1.29, 1.82) is 0 Å². The molecule has 1 aliphatic rings. The van der Waals surface area contributed by atoms with Gasteiger partial charge in [0.2, 0.25) is 5.91 Å². The number of hydrogen-bond donors (Lipinski definition) is 2. The molecule has 0 saturated carbocycles. The Morgan fingerprint density at radius 1 is 1.30 bits per heavy atom. The zero-order valence-corrected chi connectivity index (χ0v) is 17.3. The number of carbonyl (C=O) groups excluding carboxylic acids is 2. The summed E-state index contributed by atoms with van der Waals surface area (Å²) in [4.78, 5) is 31.4. The largest absolute Gasteiger partial charge is 0.359 e. The van der Waals surface area contributed by atoms with E-state index >= 15 is 0 Å². The number of benzene rings is 1. The molecule has 154 valence electrons. The van der Waals surface area contributed by atoms with Crippen molar-refractivity contribution in [1.82, 2.24) is 20.1 Å². The van der Waals surface area contributed by atoms with Crippen molar-refractivity contribution in [3.63, 3.8) is 0 Å². The van der Waals surface area contributed by atoms with Gasteiger partial charge in [0.15, 0.2) is 5.82 Å². The van der Waals surface area contributed by atoms with Crippen molar-refractivity contribution in [3.8, 4) is 0 Å². The van der Waals surface area contributed by atoms with E-state index in [1.807, 2.05) is 32.3 Å². The van der Waals surface area contributed by atoms with Gasteiger partial charge in [-0.3, -0.25) is 14.3 Å². The normalized spacial score (nSPS) is 14.1. The van der Waals surface area contributed by atoms with E-state index in [9.17, 15) is 9.59 Å². The Morgan fingerprint density at radius 3 is 2.77 bits per heavy atom. The van der Waals surface area contributed by atoms with Crippen LogP contribution in [-0.2, 0) is 18.4 Å². The second kappa shape index (κ2) is 8.16. The van der Waals surface area contributed by atoms with E-state index < -0.39 is 0 Å². The summed E-state index contributed by atoms with van der Waals surface area (Å²) >= 11 is 5.96. The highest BCUT2D eigenvalue weighted by molar-refractivity contribution is 6.30. The molecule has 3 aromatic rings. The number of pyridine rings is 1. The molecule has 3 heterocycles. The number of rotatable bonds is 5. The summed E-state index contributed by atoms with van der Waals surface area (Å²) in [6.07, 6.45) is 5.08. The molecule has 1 unspecified atom stereocenters. The molecule has 30 heavy (non-hydrogen) atoms. The maximum Gasteiger partial charge on any atom is 0.253 e. The fraction of sp³-hybridized carbons (Fsp3) is 0.238. The fourth-order valence-electron chi connectivity index (χ4n) is 3.28. The fourth-order valence-corrected chi connectivity index (χ4v) is 3.41. The third kappa shape index (κ3) is 4.13. The summed E-state index contributed by atoms with van der Waals surface area (Å²) in [6.45, 7) is 2.40. The second-order valence-corrected chi connectivity index (χ2v) is 7.63. The quantitative estimate of drug-likeness (QED) is 0.657. The predicted molar refractivity (Wildman–Crippen MR) is 114 cm³/mol. The monoisotopic (exact) mass is 424 g/mol. The van der Waals surface area contributed by atoms with E-state index in [0.717, 1.165) is 11.1 Å². The Hall–Kier alpha value is -3.39. The third-order valence-electron chi connectivity index (χ3n) is 4.96. The summed E-state index contributed by atoms with van der Waals surface area (Å²) < 4.78 is 1.68. The predicted octanol–water partition coefficient (Wildman–Crippen LogP) is 2.92. The highest BCUT2D eigenvalue weighted by Crippen LogP contribution is 2.30. The molecule has 0 saturated heterocycles. The summed E-state index contributed by atoms with van der Waals surface area (Å²) in [7, 11) is 1.82. The van der Waals surface area contributed by atoms with Gasteiger partial charge < -0.3 is 15.5 Å². The average Bonchev–Trinajstić information content (AvgIpc) is 3.17. The van der Waals surface area contributed by atoms with Crippen LogP contribution < -0.4 is 15.5 Å². The summed E-state index contributed by atoms with van der Waals surface area (Å²) in [5.41, 5.74) is 2.78. The summed E-state index contributed by atoms with van der Waals surface area (Å²) in [5, 5.41) is 10.7. The molecule has 1 aromatic carbocycles. The Labute approximate surface area is 178 Å². The van der Waals surface area contributed by atoms with Gasteiger partial charge in [-0.25, -0.2) is 4.98 Å². The molecule has 0 radical (unpaired) electrons.